The highest BCUT2D eigenvalue weighted by molar-refractivity contribution is 4.75. The molecule has 0 aliphatic carbocycles. The number of aliphatic hydroxyl groups excluding tert-OH is 1. The van der Waals surface area contributed by atoms with Gasteiger partial charge in [-0.2, -0.15) is 0 Å². The molecule has 108 valence electrons. The highest BCUT2D eigenvalue weighted by Gasteiger charge is 2.17. The van der Waals surface area contributed by atoms with Crippen LogP contribution in [0.25, 0.3) is 0 Å². The average molecular weight is 260 g/mol. The summed E-state index contributed by atoms with van der Waals surface area (Å²) in [5, 5.41) is 13.0. The Bertz CT molecular complexity index is 199. The summed E-state index contributed by atoms with van der Waals surface area (Å²) in [6.07, 6.45) is 2.20. The number of nitrogens with zero attached hydrogens (tertiary/aromatic N) is 1. The van der Waals surface area contributed by atoms with Crippen molar-refractivity contribution in [2.24, 2.45) is 0 Å². The molecule has 0 amide bonds. The molecule has 0 radical (unpaired) electrons. The van der Waals surface area contributed by atoms with Crippen molar-refractivity contribution in [1.82, 2.24) is 10.2 Å². The van der Waals surface area contributed by atoms with Crippen molar-refractivity contribution < 1.29 is 14.6 Å². The molecule has 0 aromatic heterocycles. The van der Waals surface area contributed by atoms with Crippen molar-refractivity contribution in [2.75, 3.05) is 53.1 Å². The molecule has 1 rings (SSSR count). The first-order valence-electron chi connectivity index (χ1n) is 6.93. The van der Waals surface area contributed by atoms with Gasteiger partial charge < -0.3 is 19.9 Å². The molecule has 1 saturated heterocycles. The van der Waals surface area contributed by atoms with Gasteiger partial charge in [-0.1, -0.05) is 0 Å². The standard InChI is InChI=1S/C13H28N2O3/c1-12(15-5-3-4-6-15)9-14-10-13(16)11-18-8-7-17-2/h12-14,16H,3-11H2,1-2H3. The number of aliphatic hydroxyl groups is 1. The molecule has 0 saturated carbocycles. The molecule has 0 aromatic carbocycles. The lowest BCUT2D eigenvalue weighted by Gasteiger charge is -2.24. The van der Waals surface area contributed by atoms with E-state index in [1.54, 1.807) is 7.11 Å². The first-order chi connectivity index (χ1) is 8.74. The number of nitrogens with one attached hydrogen (secondary N) is 1. The van der Waals surface area contributed by atoms with Crippen LogP contribution in [-0.4, -0.2) is 75.3 Å². The Kier molecular flexibility index (Phi) is 8.54. The van der Waals surface area contributed by atoms with Crippen LogP contribution in [0.3, 0.4) is 0 Å². The molecule has 2 N–H and O–H groups in total. The predicted octanol–water partition coefficient (Wildman–Crippen LogP) is 0.0842. The van der Waals surface area contributed by atoms with Crippen molar-refractivity contribution in [2.45, 2.75) is 31.9 Å². The normalized spacial score (nSPS) is 20.2. The molecule has 1 heterocycles. The van der Waals surface area contributed by atoms with Gasteiger partial charge in [0.25, 0.3) is 0 Å². The monoisotopic (exact) mass is 260 g/mol. The van der Waals surface area contributed by atoms with E-state index in [0.29, 0.717) is 32.4 Å². The Morgan fingerprint density at radius 1 is 1.22 bits per heavy atom. The van der Waals surface area contributed by atoms with E-state index in [-0.39, 0.29) is 0 Å². The Morgan fingerprint density at radius 3 is 2.61 bits per heavy atom. The second-order valence-corrected chi connectivity index (χ2v) is 4.97. The molecule has 2 unspecified atom stereocenters. The minimum atomic E-state index is -0.437. The summed E-state index contributed by atoms with van der Waals surface area (Å²) in [7, 11) is 1.64. The number of likely N-dealkylation sites (tertiary alicyclic amines) is 1. The molecule has 5 heteroatoms. The second kappa shape index (κ2) is 9.69. The molecule has 1 fully saturated rings. The van der Waals surface area contributed by atoms with Crippen LogP contribution in [0, 0.1) is 0 Å². The molecule has 1 aliphatic heterocycles. The maximum atomic E-state index is 9.68. The topological polar surface area (TPSA) is 54.0 Å². The fourth-order valence-electron chi connectivity index (χ4n) is 2.19. The molecule has 0 aromatic rings. The first-order valence-corrected chi connectivity index (χ1v) is 6.93. The Morgan fingerprint density at radius 2 is 1.94 bits per heavy atom. The summed E-state index contributed by atoms with van der Waals surface area (Å²) in [6, 6.07) is 0.550. The quantitative estimate of drug-likeness (QED) is 0.545. The fraction of sp³-hybridized carbons (Fsp3) is 1.00. The minimum Gasteiger partial charge on any atom is -0.389 e. The van der Waals surface area contributed by atoms with E-state index in [9.17, 15) is 5.11 Å². The third kappa shape index (κ3) is 6.66. The summed E-state index contributed by atoms with van der Waals surface area (Å²) in [6.45, 7) is 7.66. The van der Waals surface area contributed by atoms with Crippen LogP contribution < -0.4 is 5.32 Å². The molecule has 0 bridgehead atoms. The van der Waals surface area contributed by atoms with Crippen molar-refractivity contribution in [3.05, 3.63) is 0 Å². The molecular weight excluding hydrogens is 232 g/mol. The minimum absolute atomic E-state index is 0.369. The van der Waals surface area contributed by atoms with Crippen molar-refractivity contribution in [3.63, 3.8) is 0 Å². The van der Waals surface area contributed by atoms with E-state index in [0.717, 1.165) is 6.54 Å². The fourth-order valence-corrected chi connectivity index (χ4v) is 2.19. The van der Waals surface area contributed by atoms with Gasteiger partial charge in [0.1, 0.15) is 0 Å². The van der Waals surface area contributed by atoms with E-state index in [4.69, 9.17) is 9.47 Å². The lowest BCUT2D eigenvalue weighted by atomic mass is 10.3. The van der Waals surface area contributed by atoms with Crippen LogP contribution in [0.1, 0.15) is 19.8 Å². The van der Waals surface area contributed by atoms with Gasteiger partial charge in [-0.05, 0) is 32.9 Å². The Hall–Kier alpha value is -0.200. The number of methoxy groups -OCH3 is 1. The lowest BCUT2D eigenvalue weighted by Crippen LogP contribution is -2.41. The van der Waals surface area contributed by atoms with Crippen LogP contribution in [0.15, 0.2) is 0 Å². The van der Waals surface area contributed by atoms with E-state index >= 15 is 0 Å². The van der Waals surface area contributed by atoms with Crippen LogP contribution in [0.5, 0.6) is 0 Å². The van der Waals surface area contributed by atoms with Gasteiger partial charge in [0.05, 0.1) is 25.9 Å². The summed E-state index contributed by atoms with van der Waals surface area (Å²) >= 11 is 0. The van der Waals surface area contributed by atoms with E-state index < -0.39 is 6.10 Å². The zero-order valence-corrected chi connectivity index (χ0v) is 11.7. The number of hydrogen-bond donors (Lipinski definition) is 2. The molecule has 1 aliphatic rings. The van der Waals surface area contributed by atoms with Crippen molar-refractivity contribution in [3.8, 4) is 0 Å². The van der Waals surface area contributed by atoms with Gasteiger partial charge in [0.2, 0.25) is 0 Å². The van der Waals surface area contributed by atoms with Crippen LogP contribution >= 0.6 is 0 Å². The number of hydrogen-bond acceptors (Lipinski definition) is 5. The van der Waals surface area contributed by atoms with Gasteiger partial charge >= 0.3 is 0 Å². The third-order valence-corrected chi connectivity index (χ3v) is 3.33. The Balaban J connectivity index is 1.95. The maximum absolute atomic E-state index is 9.68. The highest BCUT2D eigenvalue weighted by Crippen LogP contribution is 2.10. The SMILES string of the molecule is COCCOCC(O)CNCC(C)N1CCCC1. The van der Waals surface area contributed by atoms with E-state index in [1.165, 1.54) is 25.9 Å². The molecule has 5 nitrogen and oxygen atoms in total. The van der Waals surface area contributed by atoms with Gasteiger partial charge in [-0.3, -0.25) is 4.90 Å². The lowest BCUT2D eigenvalue weighted by molar-refractivity contribution is 0.0134. The van der Waals surface area contributed by atoms with Gasteiger partial charge in [0.15, 0.2) is 0 Å². The summed E-state index contributed by atoms with van der Waals surface area (Å²) in [5.74, 6) is 0. The van der Waals surface area contributed by atoms with Crippen LogP contribution in [0.2, 0.25) is 0 Å². The predicted molar refractivity (Wildman–Crippen MR) is 71.8 cm³/mol. The van der Waals surface area contributed by atoms with E-state index in [1.807, 2.05) is 0 Å². The highest BCUT2D eigenvalue weighted by atomic mass is 16.5. The third-order valence-electron chi connectivity index (χ3n) is 3.33. The number of rotatable bonds is 10. The van der Waals surface area contributed by atoms with Crippen LogP contribution in [0.4, 0.5) is 0 Å². The first kappa shape index (κ1) is 15.9. The molecular formula is C13H28N2O3. The zero-order valence-electron chi connectivity index (χ0n) is 11.7. The summed E-state index contributed by atoms with van der Waals surface area (Å²) in [5.41, 5.74) is 0. The van der Waals surface area contributed by atoms with E-state index in [2.05, 4.69) is 17.1 Å². The van der Waals surface area contributed by atoms with Gasteiger partial charge in [0, 0.05) is 26.2 Å². The maximum Gasteiger partial charge on any atom is 0.0897 e. The largest absolute Gasteiger partial charge is 0.389 e. The smallest absolute Gasteiger partial charge is 0.0897 e. The summed E-state index contributed by atoms with van der Waals surface area (Å²) in [4.78, 5) is 2.49. The van der Waals surface area contributed by atoms with Crippen molar-refractivity contribution in [1.29, 1.82) is 0 Å². The molecule has 2 atom stereocenters. The second-order valence-electron chi connectivity index (χ2n) is 4.97. The van der Waals surface area contributed by atoms with Gasteiger partial charge in [-0.25, -0.2) is 0 Å². The zero-order chi connectivity index (χ0) is 13.2. The van der Waals surface area contributed by atoms with Gasteiger partial charge in [-0.15, -0.1) is 0 Å². The van der Waals surface area contributed by atoms with Crippen molar-refractivity contribution >= 4 is 0 Å². The molecule has 18 heavy (non-hydrogen) atoms. The molecule has 0 spiro atoms. The summed E-state index contributed by atoms with van der Waals surface area (Å²) < 4.78 is 10.1. The Labute approximate surface area is 110 Å². The number of ether oxygens (including phenoxy) is 2. The average Bonchev–Trinajstić information content (AvgIpc) is 2.88. The van der Waals surface area contributed by atoms with Crippen LogP contribution in [-0.2, 0) is 9.47 Å².